The van der Waals surface area contributed by atoms with Crippen molar-refractivity contribution in [1.29, 1.82) is 0 Å². The molecule has 0 bridgehead atoms. The number of aromatic nitrogens is 2. The molecule has 1 fully saturated rings. The van der Waals surface area contributed by atoms with Crippen LogP contribution in [0.4, 0.5) is 0 Å². The molecule has 25 heavy (non-hydrogen) atoms. The number of sulfonamides is 1. The van der Waals surface area contributed by atoms with Crippen molar-refractivity contribution in [3.63, 3.8) is 0 Å². The fraction of sp³-hybridized carbons (Fsp3) is 0.444. The second-order valence-corrected chi connectivity index (χ2v) is 8.73. The minimum absolute atomic E-state index is 0.218. The van der Waals surface area contributed by atoms with Crippen LogP contribution in [-0.2, 0) is 16.4 Å². The van der Waals surface area contributed by atoms with Gasteiger partial charge in [-0.25, -0.2) is 13.5 Å². The monoisotopic (exact) mass is 361 g/mol. The minimum Gasteiger partial charge on any atom is -0.268 e. The molecule has 0 aliphatic carbocycles. The van der Waals surface area contributed by atoms with Crippen LogP contribution in [0.15, 0.2) is 40.0 Å². The van der Waals surface area contributed by atoms with E-state index in [0.29, 0.717) is 35.9 Å². The number of nitrogens with one attached hydrogen (secondary N) is 1. The summed E-state index contributed by atoms with van der Waals surface area (Å²) in [5.41, 5.74) is 2.03. The van der Waals surface area contributed by atoms with E-state index < -0.39 is 10.0 Å². The van der Waals surface area contributed by atoms with Crippen molar-refractivity contribution >= 4 is 10.0 Å². The predicted molar refractivity (Wildman–Crippen MR) is 96.0 cm³/mol. The van der Waals surface area contributed by atoms with Gasteiger partial charge in [-0.05, 0) is 49.4 Å². The van der Waals surface area contributed by atoms with Crippen LogP contribution in [0.3, 0.4) is 0 Å². The van der Waals surface area contributed by atoms with Crippen LogP contribution >= 0.6 is 0 Å². The van der Waals surface area contributed by atoms with E-state index >= 15 is 0 Å². The third-order valence-corrected chi connectivity index (χ3v) is 6.46. The van der Waals surface area contributed by atoms with Gasteiger partial charge in [-0.1, -0.05) is 19.1 Å². The Kier molecular flexibility index (Phi) is 5.06. The van der Waals surface area contributed by atoms with Gasteiger partial charge in [0, 0.05) is 25.1 Å². The average molecular weight is 361 g/mol. The highest BCUT2D eigenvalue weighted by molar-refractivity contribution is 7.89. The van der Waals surface area contributed by atoms with Crippen LogP contribution in [0.25, 0.3) is 0 Å². The molecule has 1 aromatic carbocycles. The smallest absolute Gasteiger partial charge is 0.267 e. The van der Waals surface area contributed by atoms with E-state index in [9.17, 15) is 13.2 Å². The first kappa shape index (κ1) is 17.8. The number of rotatable bonds is 4. The molecule has 1 aliphatic heterocycles. The Morgan fingerprint density at radius 2 is 2.00 bits per heavy atom. The molecule has 0 amide bonds. The Balaban J connectivity index is 1.80. The van der Waals surface area contributed by atoms with Gasteiger partial charge in [0.15, 0.2) is 0 Å². The molecule has 3 rings (SSSR count). The molecule has 1 N–H and O–H groups in total. The van der Waals surface area contributed by atoms with Crippen LogP contribution in [0.1, 0.15) is 36.6 Å². The number of piperidine rings is 1. The third-order valence-electron chi connectivity index (χ3n) is 4.58. The van der Waals surface area contributed by atoms with E-state index in [1.807, 2.05) is 6.92 Å². The zero-order valence-electron chi connectivity index (χ0n) is 14.5. The maximum atomic E-state index is 12.8. The van der Waals surface area contributed by atoms with Gasteiger partial charge in [0.2, 0.25) is 10.0 Å². The highest BCUT2D eigenvalue weighted by Crippen LogP contribution is 2.23. The maximum Gasteiger partial charge on any atom is 0.267 e. The predicted octanol–water partition coefficient (Wildman–Crippen LogP) is 2.09. The molecule has 2 aromatic rings. The quantitative estimate of drug-likeness (QED) is 0.904. The van der Waals surface area contributed by atoms with Gasteiger partial charge in [0.05, 0.1) is 10.6 Å². The fourth-order valence-electron chi connectivity index (χ4n) is 3.20. The summed E-state index contributed by atoms with van der Waals surface area (Å²) in [5.74, 6) is 0.393. The number of hydrogen-bond donors (Lipinski definition) is 1. The third kappa shape index (κ3) is 3.99. The van der Waals surface area contributed by atoms with Crippen molar-refractivity contribution in [3.05, 3.63) is 57.5 Å². The first-order valence-corrected chi connectivity index (χ1v) is 9.94. The zero-order chi connectivity index (χ0) is 18.0. The van der Waals surface area contributed by atoms with Crippen molar-refractivity contribution in [3.8, 4) is 0 Å². The van der Waals surface area contributed by atoms with Crippen molar-refractivity contribution < 1.29 is 8.42 Å². The van der Waals surface area contributed by atoms with Crippen LogP contribution in [0.2, 0.25) is 0 Å². The molecule has 0 radical (unpaired) electrons. The van der Waals surface area contributed by atoms with Gasteiger partial charge in [-0.3, -0.25) is 4.79 Å². The topological polar surface area (TPSA) is 83.1 Å². The molecule has 1 aromatic heterocycles. The SMILES string of the molecule is Cc1cc(Cc2ccc(S(=O)(=O)N3CCC[C@H](C)C3)cc2)c(=O)[nH]n1. The molecule has 7 heteroatoms. The van der Waals surface area contributed by atoms with Crippen LogP contribution in [0.5, 0.6) is 0 Å². The molecule has 6 nitrogen and oxygen atoms in total. The lowest BCUT2D eigenvalue weighted by Gasteiger charge is -2.30. The van der Waals surface area contributed by atoms with E-state index in [4.69, 9.17) is 0 Å². The molecule has 1 aliphatic rings. The molecule has 0 unspecified atom stereocenters. The summed E-state index contributed by atoms with van der Waals surface area (Å²) >= 11 is 0. The van der Waals surface area contributed by atoms with Crippen molar-refractivity contribution in [2.75, 3.05) is 13.1 Å². The fourth-order valence-corrected chi connectivity index (χ4v) is 4.80. The summed E-state index contributed by atoms with van der Waals surface area (Å²) in [4.78, 5) is 12.1. The molecule has 1 saturated heterocycles. The Labute approximate surface area is 147 Å². The zero-order valence-corrected chi connectivity index (χ0v) is 15.3. The van der Waals surface area contributed by atoms with Crippen LogP contribution in [0, 0.1) is 12.8 Å². The summed E-state index contributed by atoms with van der Waals surface area (Å²) in [5, 5.41) is 6.33. The Bertz CT molecular complexity index is 904. The van der Waals surface area contributed by atoms with E-state index in [0.717, 1.165) is 24.1 Å². The van der Waals surface area contributed by atoms with Gasteiger partial charge in [-0.2, -0.15) is 9.40 Å². The second kappa shape index (κ2) is 7.09. The summed E-state index contributed by atoms with van der Waals surface area (Å²) in [6, 6.07) is 8.56. The van der Waals surface area contributed by atoms with Crippen molar-refractivity contribution in [1.82, 2.24) is 14.5 Å². The molecule has 2 heterocycles. The van der Waals surface area contributed by atoms with Crippen LogP contribution in [-0.4, -0.2) is 36.0 Å². The number of nitrogens with zero attached hydrogens (tertiary/aromatic N) is 2. The van der Waals surface area contributed by atoms with Gasteiger partial charge >= 0.3 is 0 Å². The highest BCUT2D eigenvalue weighted by Gasteiger charge is 2.28. The Morgan fingerprint density at radius 1 is 1.28 bits per heavy atom. The molecule has 0 saturated carbocycles. The number of hydrogen-bond acceptors (Lipinski definition) is 4. The summed E-state index contributed by atoms with van der Waals surface area (Å²) in [6.07, 6.45) is 2.42. The van der Waals surface area contributed by atoms with E-state index in [-0.39, 0.29) is 5.56 Å². The number of H-pyrrole nitrogens is 1. The molecule has 0 spiro atoms. The average Bonchev–Trinajstić information content (AvgIpc) is 2.59. The minimum atomic E-state index is -3.44. The number of aryl methyl sites for hydroxylation is 1. The first-order valence-electron chi connectivity index (χ1n) is 8.50. The van der Waals surface area contributed by atoms with Gasteiger partial charge in [0.25, 0.3) is 5.56 Å². The molecular formula is C18H23N3O3S. The molecule has 1 atom stereocenters. The van der Waals surface area contributed by atoms with Crippen molar-refractivity contribution in [2.45, 2.75) is 38.0 Å². The number of benzene rings is 1. The normalized spacial score (nSPS) is 19.0. The standard InChI is InChI=1S/C18H23N3O3S/c1-13-4-3-9-21(12-13)25(23,24)17-7-5-15(6-8-17)11-16-10-14(2)19-20-18(16)22/h5-8,10,13H,3-4,9,11-12H2,1-2H3,(H,20,22)/t13-/m0/s1. The largest absolute Gasteiger partial charge is 0.268 e. The molecule has 134 valence electrons. The van der Waals surface area contributed by atoms with Gasteiger partial charge in [0.1, 0.15) is 0 Å². The number of aromatic amines is 1. The van der Waals surface area contributed by atoms with Gasteiger partial charge < -0.3 is 0 Å². The van der Waals surface area contributed by atoms with Crippen molar-refractivity contribution in [2.24, 2.45) is 5.92 Å². The lowest BCUT2D eigenvalue weighted by molar-refractivity contribution is 0.281. The van der Waals surface area contributed by atoms with E-state index in [1.54, 1.807) is 34.6 Å². The van der Waals surface area contributed by atoms with Crippen LogP contribution < -0.4 is 5.56 Å². The maximum absolute atomic E-state index is 12.8. The summed E-state index contributed by atoms with van der Waals surface area (Å²) in [7, 11) is -3.44. The summed E-state index contributed by atoms with van der Waals surface area (Å²) < 4.78 is 27.1. The summed E-state index contributed by atoms with van der Waals surface area (Å²) in [6.45, 7) is 5.06. The second-order valence-electron chi connectivity index (χ2n) is 6.79. The lowest BCUT2D eigenvalue weighted by atomic mass is 10.0. The Hall–Kier alpha value is -1.99. The Morgan fingerprint density at radius 3 is 2.68 bits per heavy atom. The van der Waals surface area contributed by atoms with E-state index in [2.05, 4.69) is 17.1 Å². The first-order chi connectivity index (χ1) is 11.9. The van der Waals surface area contributed by atoms with Gasteiger partial charge in [-0.15, -0.1) is 0 Å². The highest BCUT2D eigenvalue weighted by atomic mass is 32.2. The lowest BCUT2D eigenvalue weighted by Crippen LogP contribution is -2.39. The van der Waals surface area contributed by atoms with E-state index in [1.165, 1.54) is 0 Å². The molecular weight excluding hydrogens is 338 g/mol.